The van der Waals surface area contributed by atoms with Gasteiger partial charge in [-0.3, -0.25) is 72.3 Å². The molecule has 7 aliphatic rings. The summed E-state index contributed by atoms with van der Waals surface area (Å²) in [6.45, 7) is 93.7. The van der Waals surface area contributed by atoms with Crippen LogP contribution in [0, 0.1) is 46.8 Å². The summed E-state index contributed by atoms with van der Waals surface area (Å²) in [4.78, 5) is 136. The van der Waals surface area contributed by atoms with E-state index in [4.69, 9.17) is 0 Å². The molecule has 3 heterocycles. The van der Waals surface area contributed by atoms with Crippen molar-refractivity contribution in [2.75, 3.05) is 99.7 Å². The number of hydrogen-bond donors (Lipinski definition) is 11. The van der Waals surface area contributed by atoms with E-state index in [0.29, 0.717) is 83.1 Å². The highest BCUT2D eigenvalue weighted by atomic mass is 16.2. The molecular formula is C118H238N16O11. The Morgan fingerprint density at radius 1 is 0.269 bits per heavy atom. The van der Waals surface area contributed by atoms with Crippen LogP contribution in [0.2, 0.25) is 0 Å². The molecule has 0 aromatic rings. The van der Waals surface area contributed by atoms with Crippen molar-refractivity contribution in [3.63, 3.8) is 0 Å². The number of fused-ring (bicyclic) bond motifs is 1. The lowest BCUT2D eigenvalue weighted by molar-refractivity contribution is -0.125. The maximum Gasteiger partial charge on any atom is 0.234 e. The number of carbonyl (C=O) groups is 11. The zero-order chi connectivity index (χ0) is 113. The average molecular weight is 2060 g/mol. The van der Waals surface area contributed by atoms with Gasteiger partial charge in [0, 0.05) is 113 Å². The number of amides is 11. The van der Waals surface area contributed by atoms with E-state index in [9.17, 15) is 52.7 Å². The Balaban J connectivity index is -0.000000755. The van der Waals surface area contributed by atoms with Crippen LogP contribution >= 0.6 is 0 Å². The second kappa shape index (κ2) is 71.7. The van der Waals surface area contributed by atoms with Crippen molar-refractivity contribution in [3.05, 3.63) is 0 Å². The van der Waals surface area contributed by atoms with Crippen molar-refractivity contribution in [3.8, 4) is 0 Å². The first kappa shape index (κ1) is 145. The SMILES string of the molecule is CC(C)(C)CCC(=O)NC(C)(C)C.CC(C)(C)NC(=O)CCC1CCCC1.CC(C)(C)NC(=O)CCC1CCCCC1.CC(C)(C)NC(=O)CCCC1CC1.CC(C)(C)NC(=O)CN1CC2CCCC2C1.CC(C)(C)NC(=O)CN1CCC1.CC(C)(C)NC(=O)CN1CCCC1.CC(C)CCC(=O)NC(C)(C)C.CC(C)CCCC(=O)NC(C)(C)C.CCCN(C)CC(=O)NC(C)(C)C.CN(C)CC(=O)NC(C)(C)C. The second-order valence-corrected chi connectivity index (χ2v) is 56.4. The molecule has 11 amide bonds. The predicted molar refractivity (Wildman–Crippen MR) is 612 cm³/mol. The van der Waals surface area contributed by atoms with Crippen LogP contribution in [0.1, 0.15) is 489 Å². The lowest BCUT2D eigenvalue weighted by Gasteiger charge is -2.31. The summed E-state index contributed by atoms with van der Waals surface area (Å²) < 4.78 is 0. The number of nitrogens with one attached hydrogen (secondary N) is 11. The number of carbonyl (C=O) groups excluding carboxylic acids is 11. The van der Waals surface area contributed by atoms with E-state index in [1.165, 1.54) is 116 Å². The van der Waals surface area contributed by atoms with Crippen LogP contribution in [0.25, 0.3) is 0 Å². The van der Waals surface area contributed by atoms with E-state index in [1.54, 1.807) is 0 Å². The molecule has 27 nitrogen and oxygen atoms in total. The van der Waals surface area contributed by atoms with Crippen LogP contribution in [0.5, 0.6) is 0 Å². The molecule has 3 saturated heterocycles. The van der Waals surface area contributed by atoms with Crippen LogP contribution in [-0.4, -0.2) is 250 Å². The minimum Gasteiger partial charge on any atom is -0.352 e. The zero-order valence-electron chi connectivity index (χ0n) is 103. The molecule has 0 spiro atoms. The van der Waals surface area contributed by atoms with Crippen LogP contribution in [-0.2, 0) is 52.7 Å². The number of nitrogens with zero attached hydrogens (tertiary/aromatic N) is 5. The number of likely N-dealkylation sites (N-methyl/N-ethyl adjacent to an activating group) is 2. The number of hydrogen-bond acceptors (Lipinski definition) is 16. The van der Waals surface area contributed by atoms with Crippen molar-refractivity contribution in [1.82, 2.24) is 83.0 Å². The molecule has 27 heteroatoms. The first-order chi connectivity index (χ1) is 65.7. The van der Waals surface area contributed by atoms with Crippen molar-refractivity contribution < 1.29 is 52.7 Å². The van der Waals surface area contributed by atoms with Gasteiger partial charge in [-0.15, -0.1) is 0 Å². The summed E-state index contributed by atoms with van der Waals surface area (Å²) in [5, 5.41) is 32.6. The predicted octanol–water partition coefficient (Wildman–Crippen LogP) is 21.3. The number of likely N-dealkylation sites (tertiary alicyclic amines) is 3. The fraction of sp³-hybridized carbons (Fsp3) is 0.907. The van der Waals surface area contributed by atoms with Gasteiger partial charge in [0.15, 0.2) is 0 Å². The highest BCUT2D eigenvalue weighted by molar-refractivity contribution is 5.82. The first-order valence-electron chi connectivity index (χ1n) is 56.6. The summed E-state index contributed by atoms with van der Waals surface area (Å²) in [5.41, 5.74) is -0.803. The summed E-state index contributed by atoms with van der Waals surface area (Å²) in [6, 6.07) is 0. The minimum atomic E-state index is -0.121. The molecule has 11 N–H and O–H groups in total. The average Bonchev–Trinajstić information content (AvgIpc) is 1.68. The van der Waals surface area contributed by atoms with E-state index >= 15 is 0 Å². The third-order valence-electron chi connectivity index (χ3n) is 22.9. The highest BCUT2D eigenvalue weighted by Crippen LogP contribution is 2.38. The van der Waals surface area contributed by atoms with Gasteiger partial charge in [-0.05, 0) is 413 Å². The van der Waals surface area contributed by atoms with E-state index in [-0.39, 0.29) is 131 Å². The van der Waals surface area contributed by atoms with Crippen molar-refractivity contribution in [2.45, 2.75) is 550 Å². The minimum absolute atomic E-state index is 0.0718. The fourth-order valence-corrected chi connectivity index (χ4v) is 16.7. The van der Waals surface area contributed by atoms with Gasteiger partial charge in [0.1, 0.15) is 0 Å². The van der Waals surface area contributed by atoms with Gasteiger partial charge in [-0.2, -0.15) is 0 Å². The molecule has 0 bridgehead atoms. The van der Waals surface area contributed by atoms with Gasteiger partial charge >= 0.3 is 0 Å². The lowest BCUT2D eigenvalue weighted by atomic mass is 9.86. The molecule has 3 aliphatic heterocycles. The Morgan fingerprint density at radius 2 is 0.538 bits per heavy atom. The summed E-state index contributed by atoms with van der Waals surface area (Å²) >= 11 is 0. The molecule has 0 aromatic carbocycles. The Labute approximate surface area is 892 Å². The van der Waals surface area contributed by atoms with Crippen LogP contribution in [0.3, 0.4) is 0 Å². The highest BCUT2D eigenvalue weighted by Gasteiger charge is 2.37. The van der Waals surface area contributed by atoms with Gasteiger partial charge in [0.2, 0.25) is 65.0 Å². The molecular weight excluding hydrogens is 1820 g/mol. The van der Waals surface area contributed by atoms with Gasteiger partial charge < -0.3 is 63.4 Å². The third-order valence-corrected chi connectivity index (χ3v) is 22.9. The Hall–Kier alpha value is -6.03. The smallest absolute Gasteiger partial charge is 0.234 e. The largest absolute Gasteiger partial charge is 0.352 e. The van der Waals surface area contributed by atoms with Crippen molar-refractivity contribution in [1.29, 1.82) is 0 Å². The summed E-state index contributed by atoms with van der Waals surface area (Å²) in [7, 11) is 5.72. The molecule has 856 valence electrons. The maximum atomic E-state index is 11.8. The Bertz CT molecular complexity index is 3480. The maximum absolute atomic E-state index is 11.8. The molecule has 145 heavy (non-hydrogen) atoms. The molecule has 7 fully saturated rings. The van der Waals surface area contributed by atoms with Gasteiger partial charge in [0.25, 0.3) is 0 Å². The van der Waals surface area contributed by atoms with Crippen LogP contribution < -0.4 is 58.5 Å². The zero-order valence-corrected chi connectivity index (χ0v) is 103. The second-order valence-electron chi connectivity index (χ2n) is 56.4. The van der Waals surface area contributed by atoms with Crippen LogP contribution in [0.4, 0.5) is 0 Å². The number of rotatable bonds is 31. The molecule has 4 saturated carbocycles. The Kier molecular flexibility index (Phi) is 71.8. The van der Waals surface area contributed by atoms with Gasteiger partial charge in [-0.25, -0.2) is 0 Å². The normalized spacial score (nSPS) is 17.0. The molecule has 0 radical (unpaired) electrons. The quantitative estimate of drug-likeness (QED) is 0.0307. The van der Waals surface area contributed by atoms with E-state index in [2.05, 4.69) is 129 Å². The van der Waals surface area contributed by atoms with Gasteiger partial charge in [-0.1, -0.05) is 139 Å². The standard InChI is InChI=1S/C13H24N2O.C13H25NO.C12H23NO.C11H21NO.2C11H23NO.C10H20N2O.C10H22N2O.C10H21NO.C9H18N2O.C8H18N2O/c1-13(2,3)14-12(16)9-15-7-10-5-4-6-11(10)8-15;1-13(2,3)14-12(15)10-9-11-7-5-4-6-8-11;1-12(2,3)13-11(14)9-8-10-6-4-5-7-10;1-11(2,3)12-10(13)6-4-5-9-7-8-9;1-10(2,3)8-7-9(13)12-11(4,5)6;1-9(2)7-6-8-10(13)12-11(3,4)5;1-10(2,3)11-9(13)8-12-6-4-5-7-12;1-6-7-12(5)8-9(13)11-10(2,3)4;1-8(2)6-7-9(12)11-10(3,4)5;1-9(2,3)10-8(12)7-11-5-4-6-11;1-8(2,3)9-7(11)6-10(4)5/h10-11H,4-9H2,1-3H3,(H,14,16);11H,4-10H2,1-3H3,(H,14,15);10H,4-9H2,1-3H3,(H,13,14);9H,4-8H2,1-3H3,(H,12,13);7-8H2,1-6H3,(H,12,13);9H,6-8H2,1-5H3,(H,12,13);4-8H2,1-3H3,(H,11,13);6-8H2,1-5H3,(H,11,13);8H,6-7H2,1-5H3,(H,11,12);4-7H2,1-3H3,(H,10,12);6H2,1-5H3,(H,9,11). The topological polar surface area (TPSA) is 336 Å². The fourth-order valence-electron chi connectivity index (χ4n) is 16.7. The summed E-state index contributed by atoms with van der Waals surface area (Å²) in [6.07, 6.45) is 36.5. The molecule has 0 aromatic heterocycles. The Morgan fingerprint density at radius 3 is 0.828 bits per heavy atom. The lowest BCUT2D eigenvalue weighted by Crippen LogP contribution is -2.49. The van der Waals surface area contributed by atoms with E-state index in [0.717, 1.165) is 127 Å². The van der Waals surface area contributed by atoms with Gasteiger partial charge in [0.05, 0.1) is 32.7 Å². The molecule has 7 rings (SSSR count). The first-order valence-corrected chi connectivity index (χ1v) is 56.6. The van der Waals surface area contributed by atoms with Crippen LogP contribution in [0.15, 0.2) is 0 Å². The summed E-state index contributed by atoms with van der Waals surface area (Å²) in [5.74, 6) is 7.39. The van der Waals surface area contributed by atoms with E-state index < -0.39 is 0 Å². The molecule has 4 aliphatic carbocycles. The molecule has 2 atom stereocenters. The monoisotopic (exact) mass is 2060 g/mol. The molecule has 2 unspecified atom stereocenters. The van der Waals surface area contributed by atoms with Crippen molar-refractivity contribution >= 4 is 65.0 Å². The van der Waals surface area contributed by atoms with Crippen molar-refractivity contribution in [2.24, 2.45) is 46.8 Å². The third kappa shape index (κ3) is 108. The van der Waals surface area contributed by atoms with E-state index in [1.807, 2.05) is 259 Å².